The molecule has 2 aromatic rings. The van der Waals surface area contributed by atoms with Gasteiger partial charge in [-0.15, -0.1) is 0 Å². The number of aliphatic imine (C=N–C) groups is 1. The summed E-state index contributed by atoms with van der Waals surface area (Å²) in [6.07, 6.45) is 1.10. The lowest BCUT2D eigenvalue weighted by Gasteiger charge is -2.17. The highest BCUT2D eigenvalue weighted by Gasteiger charge is 2.07. The normalized spacial score (nSPS) is 14.2. The first-order valence-corrected chi connectivity index (χ1v) is 7.57. The van der Waals surface area contributed by atoms with Gasteiger partial charge < -0.3 is 10.6 Å². The Labute approximate surface area is 130 Å². The lowest BCUT2D eigenvalue weighted by atomic mass is 10.00. The second kappa shape index (κ2) is 6.64. The maximum Gasteiger partial charge on any atom is 0.191 e. The number of guanidine groups is 1. The van der Waals surface area contributed by atoms with Crippen molar-refractivity contribution in [3.05, 3.63) is 59.1 Å². The highest BCUT2D eigenvalue weighted by molar-refractivity contribution is 6.30. The van der Waals surface area contributed by atoms with E-state index in [1.807, 2.05) is 12.1 Å². The molecule has 0 aliphatic carbocycles. The number of hydrogen-bond donors (Lipinski definition) is 2. The predicted molar refractivity (Wildman–Crippen MR) is 88.6 cm³/mol. The molecular formula is C17H18ClN3. The molecule has 0 radical (unpaired) electrons. The molecule has 3 rings (SSSR count). The number of benzene rings is 2. The van der Waals surface area contributed by atoms with E-state index in [4.69, 9.17) is 11.6 Å². The molecular weight excluding hydrogens is 282 g/mol. The van der Waals surface area contributed by atoms with Gasteiger partial charge in [0.1, 0.15) is 0 Å². The monoisotopic (exact) mass is 299 g/mol. The fraction of sp³-hybridized carbons (Fsp3) is 0.235. The molecule has 0 bridgehead atoms. The number of nitrogens with zero attached hydrogens (tertiary/aromatic N) is 1. The van der Waals surface area contributed by atoms with E-state index in [-0.39, 0.29) is 0 Å². The minimum Gasteiger partial charge on any atom is -0.356 e. The summed E-state index contributed by atoms with van der Waals surface area (Å²) in [4.78, 5) is 4.44. The molecule has 1 aliphatic heterocycles. The van der Waals surface area contributed by atoms with Crippen LogP contribution in [0.15, 0.2) is 53.5 Å². The van der Waals surface area contributed by atoms with Gasteiger partial charge in [0.2, 0.25) is 0 Å². The van der Waals surface area contributed by atoms with Crippen LogP contribution in [0.1, 0.15) is 12.0 Å². The third kappa shape index (κ3) is 3.56. The Morgan fingerprint density at radius 3 is 2.67 bits per heavy atom. The second-order valence-electron chi connectivity index (χ2n) is 5.03. The summed E-state index contributed by atoms with van der Waals surface area (Å²) in [5, 5.41) is 7.41. The molecule has 3 nitrogen and oxygen atoms in total. The first kappa shape index (κ1) is 14.0. The van der Waals surface area contributed by atoms with Crippen LogP contribution in [0.4, 0.5) is 0 Å². The third-order valence-corrected chi connectivity index (χ3v) is 3.77. The summed E-state index contributed by atoms with van der Waals surface area (Å²) in [6, 6.07) is 16.4. The van der Waals surface area contributed by atoms with Gasteiger partial charge >= 0.3 is 0 Å². The topological polar surface area (TPSA) is 36.4 Å². The van der Waals surface area contributed by atoms with Gasteiger partial charge in [-0.3, -0.25) is 4.99 Å². The largest absolute Gasteiger partial charge is 0.356 e. The third-order valence-electron chi connectivity index (χ3n) is 3.52. The molecule has 21 heavy (non-hydrogen) atoms. The average molecular weight is 300 g/mol. The Hall–Kier alpha value is -2.00. The second-order valence-corrected chi connectivity index (χ2v) is 5.46. The van der Waals surface area contributed by atoms with E-state index < -0.39 is 0 Å². The van der Waals surface area contributed by atoms with E-state index in [1.165, 1.54) is 16.7 Å². The van der Waals surface area contributed by atoms with Crippen LogP contribution in [0.5, 0.6) is 0 Å². The summed E-state index contributed by atoms with van der Waals surface area (Å²) in [7, 11) is 0. The number of hydrogen-bond acceptors (Lipinski definition) is 3. The Bertz CT molecular complexity index is 635. The molecule has 0 unspecified atom stereocenters. The quantitative estimate of drug-likeness (QED) is 0.911. The fourth-order valence-corrected chi connectivity index (χ4v) is 2.54. The molecule has 0 spiro atoms. The Kier molecular flexibility index (Phi) is 4.41. The predicted octanol–water partition coefficient (Wildman–Crippen LogP) is 3.45. The average Bonchev–Trinajstić information content (AvgIpc) is 2.55. The minimum atomic E-state index is 0.755. The van der Waals surface area contributed by atoms with Crippen LogP contribution in [0.2, 0.25) is 5.02 Å². The zero-order chi connectivity index (χ0) is 14.5. The molecule has 0 saturated heterocycles. The van der Waals surface area contributed by atoms with Crippen molar-refractivity contribution in [3.8, 4) is 11.1 Å². The van der Waals surface area contributed by atoms with Crippen LogP contribution in [0.25, 0.3) is 11.1 Å². The summed E-state index contributed by atoms with van der Waals surface area (Å²) in [6.45, 7) is 2.64. The number of nitrogens with one attached hydrogen (secondary N) is 2. The molecule has 108 valence electrons. The van der Waals surface area contributed by atoms with Gasteiger partial charge in [0.05, 0.1) is 0 Å². The van der Waals surface area contributed by atoms with E-state index in [9.17, 15) is 0 Å². The first-order valence-electron chi connectivity index (χ1n) is 7.19. The molecule has 4 heteroatoms. The van der Waals surface area contributed by atoms with Crippen molar-refractivity contribution in [1.29, 1.82) is 0 Å². The van der Waals surface area contributed by atoms with Gasteiger partial charge in [-0.05, 0) is 35.2 Å². The van der Waals surface area contributed by atoms with E-state index in [0.717, 1.165) is 37.0 Å². The summed E-state index contributed by atoms with van der Waals surface area (Å²) in [5.41, 5.74) is 3.64. The van der Waals surface area contributed by atoms with Crippen molar-refractivity contribution in [2.45, 2.75) is 13.0 Å². The van der Waals surface area contributed by atoms with E-state index >= 15 is 0 Å². The van der Waals surface area contributed by atoms with E-state index in [1.54, 1.807) is 0 Å². The molecule has 1 heterocycles. The van der Waals surface area contributed by atoms with Crippen LogP contribution in [0, 0.1) is 0 Å². The maximum atomic E-state index is 5.97. The van der Waals surface area contributed by atoms with Crippen LogP contribution < -0.4 is 10.6 Å². The van der Waals surface area contributed by atoms with Crippen molar-refractivity contribution in [2.24, 2.45) is 4.99 Å². The van der Waals surface area contributed by atoms with Gasteiger partial charge in [0.25, 0.3) is 0 Å². The van der Waals surface area contributed by atoms with Gasteiger partial charge in [0, 0.05) is 24.7 Å². The van der Waals surface area contributed by atoms with E-state index in [0.29, 0.717) is 0 Å². The lowest BCUT2D eigenvalue weighted by molar-refractivity contribution is 0.702. The smallest absolute Gasteiger partial charge is 0.191 e. The highest BCUT2D eigenvalue weighted by atomic mass is 35.5. The highest BCUT2D eigenvalue weighted by Crippen LogP contribution is 2.25. The van der Waals surface area contributed by atoms with Gasteiger partial charge in [0.15, 0.2) is 5.96 Å². The Balaban J connectivity index is 1.79. The van der Waals surface area contributed by atoms with Crippen LogP contribution in [0.3, 0.4) is 0 Å². The summed E-state index contributed by atoms with van der Waals surface area (Å²) >= 11 is 5.97. The van der Waals surface area contributed by atoms with Gasteiger partial charge in [-0.1, -0.05) is 48.0 Å². The number of rotatable bonds is 3. The van der Waals surface area contributed by atoms with E-state index in [2.05, 4.69) is 52.0 Å². The standard InChI is InChI=1S/C17H18ClN3/c18-15-8-6-13(7-9-15)16-5-2-1-4-14(16)12-21-17-19-10-3-11-20-17/h1-2,4-9H,3,10-12H2,(H2,19,20,21). The summed E-state index contributed by atoms with van der Waals surface area (Å²) < 4.78 is 0. The Morgan fingerprint density at radius 1 is 1.10 bits per heavy atom. The lowest BCUT2D eigenvalue weighted by Crippen LogP contribution is -2.40. The molecule has 0 aromatic heterocycles. The molecule has 2 aromatic carbocycles. The van der Waals surface area contributed by atoms with Crippen molar-refractivity contribution in [3.63, 3.8) is 0 Å². The van der Waals surface area contributed by atoms with Crippen molar-refractivity contribution >= 4 is 17.6 Å². The van der Waals surface area contributed by atoms with Gasteiger partial charge in [-0.2, -0.15) is 0 Å². The molecule has 0 saturated carbocycles. The maximum absolute atomic E-state index is 5.97. The molecule has 2 N–H and O–H groups in total. The molecule has 0 amide bonds. The zero-order valence-corrected chi connectivity index (χ0v) is 12.5. The SMILES string of the molecule is Clc1ccc(-c2ccccc2CNC2=NCCCN2)cc1. The minimum absolute atomic E-state index is 0.755. The van der Waals surface area contributed by atoms with Gasteiger partial charge in [-0.25, -0.2) is 0 Å². The van der Waals surface area contributed by atoms with Crippen LogP contribution >= 0.6 is 11.6 Å². The Morgan fingerprint density at radius 2 is 1.90 bits per heavy atom. The number of halogens is 1. The first-order chi connectivity index (χ1) is 10.3. The van der Waals surface area contributed by atoms with Crippen LogP contribution in [-0.4, -0.2) is 19.0 Å². The molecule has 0 atom stereocenters. The van der Waals surface area contributed by atoms with Crippen molar-refractivity contribution in [1.82, 2.24) is 10.6 Å². The van der Waals surface area contributed by atoms with Crippen molar-refractivity contribution < 1.29 is 0 Å². The zero-order valence-electron chi connectivity index (χ0n) is 11.8. The fourth-order valence-electron chi connectivity index (χ4n) is 2.42. The van der Waals surface area contributed by atoms with Crippen molar-refractivity contribution in [2.75, 3.05) is 13.1 Å². The molecule has 1 aliphatic rings. The van der Waals surface area contributed by atoms with Crippen LogP contribution in [-0.2, 0) is 6.54 Å². The summed E-state index contributed by atoms with van der Waals surface area (Å²) in [5.74, 6) is 0.896. The molecule has 0 fully saturated rings.